The van der Waals surface area contributed by atoms with E-state index in [1.54, 1.807) is 30.3 Å². The summed E-state index contributed by atoms with van der Waals surface area (Å²) in [5.74, 6) is 1.10. The molecule has 0 amide bonds. The Bertz CT molecular complexity index is 1180. The number of hydrogen-bond acceptors (Lipinski definition) is 7. The normalized spacial score (nSPS) is 14.0. The van der Waals surface area contributed by atoms with Crippen LogP contribution in [-0.2, 0) is 0 Å². The van der Waals surface area contributed by atoms with Gasteiger partial charge >= 0.3 is 0 Å². The first kappa shape index (κ1) is 21.0. The molecule has 0 saturated carbocycles. The van der Waals surface area contributed by atoms with Gasteiger partial charge < -0.3 is 35.6 Å². The van der Waals surface area contributed by atoms with Crippen molar-refractivity contribution in [2.45, 2.75) is 6.10 Å². The van der Waals surface area contributed by atoms with Crippen molar-refractivity contribution >= 4 is 21.5 Å². The summed E-state index contributed by atoms with van der Waals surface area (Å²) in [6, 6.07) is 14.2. The highest BCUT2D eigenvalue weighted by molar-refractivity contribution is 9.10. The average Bonchev–Trinajstić information content (AvgIpc) is 2.75. The summed E-state index contributed by atoms with van der Waals surface area (Å²) < 4.78 is 12.4. The number of rotatable bonds is 5. The molecule has 4 rings (SSSR count). The van der Waals surface area contributed by atoms with E-state index in [-0.39, 0.29) is 30.4 Å². The van der Waals surface area contributed by atoms with Gasteiger partial charge in [-0.3, -0.25) is 0 Å². The molecular formula is C23H20BrNO6. The minimum atomic E-state index is -0.976. The number of halogens is 1. The second kappa shape index (κ2) is 8.50. The van der Waals surface area contributed by atoms with Crippen LogP contribution in [0.1, 0.15) is 22.8 Å². The molecule has 1 atom stereocenters. The largest absolute Gasteiger partial charge is 0.508 e. The molecule has 3 aromatic rings. The van der Waals surface area contributed by atoms with E-state index in [4.69, 9.17) is 15.2 Å². The van der Waals surface area contributed by atoms with Crippen LogP contribution in [0.15, 0.2) is 64.8 Å². The zero-order valence-electron chi connectivity index (χ0n) is 16.2. The number of benzene rings is 3. The lowest BCUT2D eigenvalue weighted by Crippen LogP contribution is -2.20. The molecule has 1 aliphatic heterocycles. The third-order valence-corrected chi connectivity index (χ3v) is 5.56. The summed E-state index contributed by atoms with van der Waals surface area (Å²) in [5, 5.41) is 40.8. The number of phenols is 3. The van der Waals surface area contributed by atoms with Crippen LogP contribution in [0.5, 0.6) is 28.7 Å². The van der Waals surface area contributed by atoms with Crippen LogP contribution in [0.25, 0.3) is 5.57 Å². The molecule has 160 valence electrons. The van der Waals surface area contributed by atoms with E-state index >= 15 is 0 Å². The second-order valence-electron chi connectivity index (χ2n) is 6.98. The minimum Gasteiger partial charge on any atom is -0.508 e. The molecule has 8 heteroatoms. The number of hydrogen-bond donors (Lipinski definition) is 5. The molecule has 0 saturated heterocycles. The molecule has 6 N–H and O–H groups in total. The smallest absolute Gasteiger partial charge is 0.150 e. The van der Waals surface area contributed by atoms with Crippen LogP contribution in [0, 0.1) is 0 Å². The van der Waals surface area contributed by atoms with Gasteiger partial charge in [0.05, 0.1) is 16.1 Å². The molecule has 0 spiro atoms. The predicted molar refractivity (Wildman–Crippen MR) is 118 cm³/mol. The fourth-order valence-corrected chi connectivity index (χ4v) is 3.84. The maximum atomic E-state index is 10.7. The van der Waals surface area contributed by atoms with E-state index in [0.717, 1.165) is 0 Å². The summed E-state index contributed by atoms with van der Waals surface area (Å²) in [7, 11) is 0. The standard InChI is InChI=1S/C23H20BrNO6/c24-16-8-12(4-6-17(16)27)21-20(31-14-3-1-2-13(26)9-14)11-30-23-15(19(29)10-25)5-7-18(28)22(21)23/h1-9,19,26-29H,10-11,25H2/t19-/m0/s1. The fourth-order valence-electron chi connectivity index (χ4n) is 3.46. The Morgan fingerprint density at radius 1 is 1.03 bits per heavy atom. The number of phenolic OH excluding ortho intramolecular Hbond substituents is 3. The highest BCUT2D eigenvalue weighted by Crippen LogP contribution is 2.47. The van der Waals surface area contributed by atoms with Crippen molar-refractivity contribution in [3.8, 4) is 28.7 Å². The minimum absolute atomic E-state index is 0.00420. The van der Waals surface area contributed by atoms with Gasteiger partial charge in [0, 0.05) is 23.7 Å². The molecule has 31 heavy (non-hydrogen) atoms. The van der Waals surface area contributed by atoms with Crippen molar-refractivity contribution in [2.24, 2.45) is 5.73 Å². The molecule has 1 heterocycles. The Labute approximate surface area is 186 Å². The van der Waals surface area contributed by atoms with E-state index < -0.39 is 6.10 Å². The molecule has 0 aromatic heterocycles. The third kappa shape index (κ3) is 4.05. The van der Waals surface area contributed by atoms with E-state index in [0.29, 0.717) is 44.0 Å². The number of aromatic hydroxyl groups is 3. The molecule has 0 unspecified atom stereocenters. The summed E-state index contributed by atoms with van der Waals surface area (Å²) in [6.07, 6.45) is -0.976. The highest BCUT2D eigenvalue weighted by atomic mass is 79.9. The maximum Gasteiger partial charge on any atom is 0.150 e. The number of aliphatic hydroxyl groups is 1. The van der Waals surface area contributed by atoms with Gasteiger partial charge in [-0.05, 0) is 57.9 Å². The van der Waals surface area contributed by atoms with E-state index in [1.165, 1.54) is 24.3 Å². The molecule has 3 aromatic carbocycles. The van der Waals surface area contributed by atoms with Gasteiger partial charge in [-0.15, -0.1) is 0 Å². The Morgan fingerprint density at radius 2 is 1.81 bits per heavy atom. The van der Waals surface area contributed by atoms with E-state index in [2.05, 4.69) is 15.9 Å². The first-order valence-corrected chi connectivity index (χ1v) is 10.2. The van der Waals surface area contributed by atoms with Gasteiger partial charge in [-0.25, -0.2) is 0 Å². The topological polar surface area (TPSA) is 125 Å². The molecule has 0 bridgehead atoms. The van der Waals surface area contributed by atoms with Crippen molar-refractivity contribution in [3.63, 3.8) is 0 Å². The van der Waals surface area contributed by atoms with Crippen LogP contribution in [0.3, 0.4) is 0 Å². The molecule has 0 fully saturated rings. The van der Waals surface area contributed by atoms with Gasteiger partial charge in [-0.1, -0.05) is 12.1 Å². The van der Waals surface area contributed by atoms with Crippen LogP contribution in [-0.4, -0.2) is 33.6 Å². The second-order valence-corrected chi connectivity index (χ2v) is 7.84. The summed E-state index contributed by atoms with van der Waals surface area (Å²) in [4.78, 5) is 0. The van der Waals surface area contributed by atoms with Crippen molar-refractivity contribution in [1.29, 1.82) is 0 Å². The van der Waals surface area contributed by atoms with Crippen LogP contribution in [0.2, 0.25) is 0 Å². The zero-order chi connectivity index (χ0) is 22.1. The van der Waals surface area contributed by atoms with Gasteiger partial charge in [-0.2, -0.15) is 0 Å². The quantitative estimate of drug-likeness (QED) is 0.372. The number of nitrogens with two attached hydrogens (primary N) is 1. The van der Waals surface area contributed by atoms with Crippen LogP contribution < -0.4 is 15.2 Å². The fraction of sp³-hybridized carbons (Fsp3) is 0.130. The van der Waals surface area contributed by atoms with Gasteiger partial charge in [0.25, 0.3) is 0 Å². The van der Waals surface area contributed by atoms with Crippen molar-refractivity contribution in [2.75, 3.05) is 13.2 Å². The zero-order valence-corrected chi connectivity index (χ0v) is 17.8. The maximum absolute atomic E-state index is 10.7. The van der Waals surface area contributed by atoms with Gasteiger partial charge in [0.15, 0.2) is 5.76 Å². The van der Waals surface area contributed by atoms with Crippen LogP contribution >= 0.6 is 15.9 Å². The van der Waals surface area contributed by atoms with Crippen LogP contribution in [0.4, 0.5) is 0 Å². The van der Waals surface area contributed by atoms with E-state index in [9.17, 15) is 20.4 Å². The first-order valence-electron chi connectivity index (χ1n) is 9.45. The Hall–Kier alpha value is -3.20. The van der Waals surface area contributed by atoms with Gasteiger partial charge in [0.2, 0.25) is 0 Å². The van der Waals surface area contributed by atoms with Crippen molar-refractivity contribution in [3.05, 3.63) is 81.5 Å². The predicted octanol–water partition coefficient (Wildman–Crippen LogP) is 3.79. The van der Waals surface area contributed by atoms with Crippen molar-refractivity contribution < 1.29 is 29.9 Å². The summed E-state index contributed by atoms with van der Waals surface area (Å²) in [5.41, 5.74) is 7.58. The number of ether oxygens (including phenoxy) is 2. The monoisotopic (exact) mass is 485 g/mol. The molecular weight excluding hydrogens is 466 g/mol. The Balaban J connectivity index is 1.95. The SMILES string of the molecule is NC[C@H](O)c1ccc(O)c2c1OCC(Oc1cccc(O)c1)=C2c1ccc(O)c(Br)c1. The lowest BCUT2D eigenvalue weighted by molar-refractivity contribution is 0.178. The Morgan fingerprint density at radius 3 is 2.52 bits per heavy atom. The van der Waals surface area contributed by atoms with Gasteiger partial charge in [0.1, 0.15) is 35.4 Å². The lowest BCUT2D eigenvalue weighted by Gasteiger charge is -2.28. The third-order valence-electron chi connectivity index (χ3n) is 4.92. The summed E-state index contributed by atoms with van der Waals surface area (Å²) >= 11 is 3.32. The summed E-state index contributed by atoms with van der Waals surface area (Å²) in [6.45, 7) is -0.0126. The first-order chi connectivity index (χ1) is 14.9. The molecule has 1 aliphatic rings. The van der Waals surface area contributed by atoms with Crippen molar-refractivity contribution in [1.82, 2.24) is 0 Å². The average molecular weight is 486 g/mol. The number of fused-ring (bicyclic) bond motifs is 1. The molecule has 0 radical (unpaired) electrons. The lowest BCUT2D eigenvalue weighted by atomic mass is 9.90. The highest BCUT2D eigenvalue weighted by Gasteiger charge is 2.30. The number of aliphatic hydroxyl groups excluding tert-OH is 1. The Kier molecular flexibility index (Phi) is 5.77. The molecule has 7 nitrogen and oxygen atoms in total. The van der Waals surface area contributed by atoms with E-state index in [1.807, 2.05) is 0 Å². The molecule has 0 aliphatic carbocycles.